The highest BCUT2D eigenvalue weighted by Crippen LogP contribution is 2.17. The highest BCUT2D eigenvalue weighted by atomic mass is 16.4. The standard InChI is InChI=1S/C13H22N4O3/c18-12(19)10-1-2-11(9-10)16-13(20)15-5-8-17-6-3-14-4-7-17/h1-2,10-11,14H,3-9H2,(H,18,19)(H2,15,16,20). The minimum absolute atomic E-state index is 0.185. The van der Waals surface area contributed by atoms with Crippen molar-refractivity contribution in [2.45, 2.75) is 12.5 Å². The first-order valence-corrected chi connectivity index (χ1v) is 7.04. The number of rotatable bonds is 5. The number of carbonyl (C=O) groups is 2. The van der Waals surface area contributed by atoms with Crippen LogP contribution in [0.4, 0.5) is 4.79 Å². The zero-order valence-electron chi connectivity index (χ0n) is 11.5. The second kappa shape index (κ2) is 7.25. The fourth-order valence-electron chi connectivity index (χ4n) is 2.47. The molecule has 0 aromatic carbocycles. The molecule has 1 aliphatic carbocycles. The number of carboxylic acid groups (broad SMARTS) is 1. The number of hydrogen-bond donors (Lipinski definition) is 4. The average Bonchev–Trinajstić information content (AvgIpc) is 2.88. The molecule has 2 aliphatic rings. The third-order valence-electron chi connectivity index (χ3n) is 3.64. The van der Waals surface area contributed by atoms with E-state index in [0.29, 0.717) is 13.0 Å². The molecular formula is C13H22N4O3. The van der Waals surface area contributed by atoms with Gasteiger partial charge in [-0.1, -0.05) is 12.2 Å². The first-order valence-electron chi connectivity index (χ1n) is 7.04. The average molecular weight is 282 g/mol. The third kappa shape index (κ3) is 4.50. The zero-order valence-corrected chi connectivity index (χ0v) is 11.5. The summed E-state index contributed by atoms with van der Waals surface area (Å²) < 4.78 is 0. The van der Waals surface area contributed by atoms with E-state index in [2.05, 4.69) is 20.9 Å². The van der Waals surface area contributed by atoms with E-state index in [9.17, 15) is 9.59 Å². The van der Waals surface area contributed by atoms with Crippen LogP contribution in [-0.2, 0) is 4.79 Å². The highest BCUT2D eigenvalue weighted by Gasteiger charge is 2.25. The number of nitrogens with one attached hydrogen (secondary N) is 3. The number of amides is 2. The summed E-state index contributed by atoms with van der Waals surface area (Å²) in [5.41, 5.74) is 0. The normalized spacial score (nSPS) is 26.4. The Morgan fingerprint density at radius 2 is 2.05 bits per heavy atom. The van der Waals surface area contributed by atoms with Crippen LogP contribution >= 0.6 is 0 Å². The van der Waals surface area contributed by atoms with Crippen LogP contribution in [0.3, 0.4) is 0 Å². The SMILES string of the molecule is O=C(NCCN1CCNCC1)NC1C=CC(C(=O)O)C1. The summed E-state index contributed by atoms with van der Waals surface area (Å²) in [5.74, 6) is -1.33. The van der Waals surface area contributed by atoms with Gasteiger partial charge in [0, 0.05) is 39.3 Å². The molecule has 1 saturated heterocycles. The second-order valence-corrected chi connectivity index (χ2v) is 5.16. The first kappa shape index (κ1) is 14.8. The maximum Gasteiger partial charge on any atom is 0.315 e. The topological polar surface area (TPSA) is 93.7 Å². The molecule has 0 spiro atoms. The van der Waals surface area contributed by atoms with Crippen molar-refractivity contribution in [2.24, 2.45) is 5.92 Å². The van der Waals surface area contributed by atoms with Gasteiger partial charge in [-0.2, -0.15) is 0 Å². The highest BCUT2D eigenvalue weighted by molar-refractivity contribution is 5.76. The fraction of sp³-hybridized carbons (Fsp3) is 0.692. The number of aliphatic carboxylic acids is 1. The minimum atomic E-state index is -0.843. The Kier molecular flexibility index (Phi) is 5.37. The monoisotopic (exact) mass is 282 g/mol. The third-order valence-corrected chi connectivity index (χ3v) is 3.64. The summed E-state index contributed by atoms with van der Waals surface area (Å²) in [6, 6.07) is -0.420. The van der Waals surface area contributed by atoms with Gasteiger partial charge in [0.2, 0.25) is 0 Å². The van der Waals surface area contributed by atoms with Crippen LogP contribution in [0.5, 0.6) is 0 Å². The predicted octanol–water partition coefficient (Wildman–Crippen LogP) is -0.780. The molecular weight excluding hydrogens is 260 g/mol. The van der Waals surface area contributed by atoms with Gasteiger partial charge < -0.3 is 21.1 Å². The molecule has 2 rings (SSSR count). The zero-order chi connectivity index (χ0) is 14.4. The summed E-state index contributed by atoms with van der Waals surface area (Å²) in [6.07, 6.45) is 3.81. The van der Waals surface area contributed by atoms with Crippen molar-refractivity contribution in [1.29, 1.82) is 0 Å². The van der Waals surface area contributed by atoms with Crippen LogP contribution in [0.1, 0.15) is 6.42 Å². The van der Waals surface area contributed by atoms with E-state index in [0.717, 1.165) is 32.7 Å². The summed E-state index contributed by atoms with van der Waals surface area (Å²) >= 11 is 0. The molecule has 7 nitrogen and oxygen atoms in total. The van der Waals surface area contributed by atoms with Crippen molar-refractivity contribution in [3.63, 3.8) is 0 Å². The molecule has 0 aromatic rings. The van der Waals surface area contributed by atoms with Crippen LogP contribution in [0, 0.1) is 5.92 Å². The van der Waals surface area contributed by atoms with Crippen LogP contribution in [0.15, 0.2) is 12.2 Å². The number of hydrogen-bond acceptors (Lipinski definition) is 4. The molecule has 2 amide bonds. The Balaban J connectivity index is 1.59. The van der Waals surface area contributed by atoms with Crippen molar-refractivity contribution >= 4 is 12.0 Å². The molecule has 1 aliphatic heterocycles. The van der Waals surface area contributed by atoms with E-state index in [1.54, 1.807) is 12.2 Å². The summed E-state index contributed by atoms with van der Waals surface area (Å²) in [6.45, 7) is 5.45. The van der Waals surface area contributed by atoms with Crippen molar-refractivity contribution in [1.82, 2.24) is 20.9 Å². The van der Waals surface area contributed by atoms with Gasteiger partial charge in [0.05, 0.1) is 12.0 Å². The van der Waals surface area contributed by atoms with E-state index in [-0.39, 0.29) is 12.1 Å². The van der Waals surface area contributed by atoms with E-state index in [4.69, 9.17) is 5.11 Å². The molecule has 7 heteroatoms. The molecule has 0 bridgehead atoms. The van der Waals surface area contributed by atoms with Crippen LogP contribution < -0.4 is 16.0 Å². The van der Waals surface area contributed by atoms with E-state index in [1.807, 2.05) is 0 Å². The van der Waals surface area contributed by atoms with Gasteiger partial charge in [-0.15, -0.1) is 0 Å². The number of carbonyl (C=O) groups excluding carboxylic acids is 1. The maximum absolute atomic E-state index is 11.7. The molecule has 112 valence electrons. The maximum atomic E-state index is 11.7. The van der Waals surface area contributed by atoms with E-state index >= 15 is 0 Å². The smallest absolute Gasteiger partial charge is 0.315 e. The fourth-order valence-corrected chi connectivity index (χ4v) is 2.47. The summed E-state index contributed by atoms with van der Waals surface area (Å²) in [7, 11) is 0. The molecule has 20 heavy (non-hydrogen) atoms. The Morgan fingerprint density at radius 3 is 2.70 bits per heavy atom. The molecule has 2 unspecified atom stereocenters. The largest absolute Gasteiger partial charge is 0.481 e. The quantitative estimate of drug-likeness (QED) is 0.496. The Bertz CT molecular complexity index is 380. The van der Waals surface area contributed by atoms with Crippen LogP contribution in [0.2, 0.25) is 0 Å². The molecule has 1 fully saturated rings. The number of piperazine rings is 1. The lowest BCUT2D eigenvalue weighted by Crippen LogP contribution is -2.48. The number of nitrogens with zero attached hydrogens (tertiary/aromatic N) is 1. The van der Waals surface area contributed by atoms with Gasteiger partial charge in [-0.05, 0) is 6.42 Å². The Morgan fingerprint density at radius 1 is 1.30 bits per heavy atom. The predicted molar refractivity (Wildman–Crippen MR) is 74.5 cm³/mol. The van der Waals surface area contributed by atoms with Gasteiger partial charge in [0.15, 0.2) is 0 Å². The van der Waals surface area contributed by atoms with Gasteiger partial charge in [0.1, 0.15) is 0 Å². The van der Waals surface area contributed by atoms with Crippen LogP contribution in [-0.4, -0.2) is 67.3 Å². The Labute approximate surface area is 118 Å². The van der Waals surface area contributed by atoms with Crippen molar-refractivity contribution in [3.05, 3.63) is 12.2 Å². The van der Waals surface area contributed by atoms with Crippen molar-refractivity contribution < 1.29 is 14.7 Å². The second-order valence-electron chi connectivity index (χ2n) is 5.16. The molecule has 2 atom stereocenters. The molecule has 1 heterocycles. The van der Waals surface area contributed by atoms with Gasteiger partial charge >= 0.3 is 12.0 Å². The number of carboxylic acids is 1. The Hall–Kier alpha value is -1.60. The molecule has 4 N–H and O–H groups in total. The molecule has 0 saturated carbocycles. The van der Waals surface area contributed by atoms with Gasteiger partial charge in [0.25, 0.3) is 0 Å². The van der Waals surface area contributed by atoms with Crippen molar-refractivity contribution in [2.75, 3.05) is 39.3 Å². The summed E-state index contributed by atoms with van der Waals surface area (Å²) in [5, 5.41) is 17.7. The van der Waals surface area contributed by atoms with Crippen molar-refractivity contribution in [3.8, 4) is 0 Å². The lowest BCUT2D eigenvalue weighted by atomic mass is 10.1. The number of urea groups is 1. The lowest BCUT2D eigenvalue weighted by Gasteiger charge is -2.27. The molecule has 0 radical (unpaired) electrons. The van der Waals surface area contributed by atoms with E-state index < -0.39 is 11.9 Å². The van der Waals surface area contributed by atoms with Gasteiger partial charge in [-0.3, -0.25) is 9.69 Å². The van der Waals surface area contributed by atoms with E-state index in [1.165, 1.54) is 0 Å². The summed E-state index contributed by atoms with van der Waals surface area (Å²) in [4.78, 5) is 24.8. The molecule has 0 aromatic heterocycles. The van der Waals surface area contributed by atoms with Gasteiger partial charge in [-0.25, -0.2) is 4.79 Å². The minimum Gasteiger partial charge on any atom is -0.481 e. The lowest BCUT2D eigenvalue weighted by molar-refractivity contribution is -0.140. The first-order chi connectivity index (χ1) is 9.65. The van der Waals surface area contributed by atoms with Crippen LogP contribution in [0.25, 0.3) is 0 Å².